The van der Waals surface area contributed by atoms with Crippen molar-refractivity contribution >= 4 is 23.4 Å². The number of nitrogens with zero attached hydrogens (tertiary/aromatic N) is 2. The summed E-state index contributed by atoms with van der Waals surface area (Å²) in [7, 11) is 0. The number of para-hydroxylation sites is 1. The monoisotopic (exact) mass is 405 g/mol. The predicted molar refractivity (Wildman–Crippen MR) is 112 cm³/mol. The van der Waals surface area contributed by atoms with Crippen LogP contribution in [0, 0.1) is 0 Å². The maximum absolute atomic E-state index is 12.5. The van der Waals surface area contributed by atoms with E-state index in [0.29, 0.717) is 38.0 Å². The molecule has 3 amide bonds. The Morgan fingerprint density at radius 2 is 1.70 bits per heavy atom. The summed E-state index contributed by atoms with van der Waals surface area (Å²) in [5, 5.41) is 12.2. The fourth-order valence-electron chi connectivity index (χ4n) is 3.89. The Kier molecular flexibility index (Phi) is 5.52. The molecular weight excluding hydrogens is 382 g/mol. The van der Waals surface area contributed by atoms with Crippen LogP contribution in [0.5, 0.6) is 5.75 Å². The van der Waals surface area contributed by atoms with Crippen LogP contribution >= 0.6 is 0 Å². The number of hydrogen-bond donors (Lipinski definition) is 2. The number of piperidine rings is 1. The number of ketones is 1. The van der Waals surface area contributed by atoms with E-state index in [4.69, 9.17) is 0 Å². The van der Waals surface area contributed by atoms with Crippen LogP contribution in [0.1, 0.15) is 28.8 Å². The first-order valence-electron chi connectivity index (χ1n) is 9.97. The summed E-state index contributed by atoms with van der Waals surface area (Å²) in [5.41, 5.74) is 2.35. The molecule has 2 aliphatic rings. The SMILES string of the molecule is O=C(/C=C/C(=O)N1CCC(N2Cc3ccccc3NC2=O)CC1)c1ccc(O)cc1. The minimum atomic E-state index is -0.290. The molecule has 2 aromatic rings. The second-order valence-corrected chi connectivity index (χ2v) is 7.52. The van der Waals surface area contributed by atoms with Crippen LogP contribution in [0.15, 0.2) is 60.7 Å². The molecule has 1 fully saturated rings. The fourth-order valence-corrected chi connectivity index (χ4v) is 3.89. The van der Waals surface area contributed by atoms with Crippen LogP contribution in [-0.4, -0.2) is 51.8 Å². The van der Waals surface area contributed by atoms with Crippen LogP contribution in [0.4, 0.5) is 10.5 Å². The Morgan fingerprint density at radius 1 is 1.00 bits per heavy atom. The smallest absolute Gasteiger partial charge is 0.322 e. The van der Waals surface area contributed by atoms with E-state index in [1.807, 2.05) is 29.2 Å². The Bertz CT molecular complexity index is 992. The number of carbonyl (C=O) groups excluding carboxylic acids is 3. The summed E-state index contributed by atoms with van der Waals surface area (Å²) in [6.45, 7) is 1.64. The summed E-state index contributed by atoms with van der Waals surface area (Å²) < 4.78 is 0. The average Bonchev–Trinajstić information content (AvgIpc) is 2.77. The van der Waals surface area contributed by atoms with Crippen molar-refractivity contribution in [2.45, 2.75) is 25.4 Å². The number of aromatic hydroxyl groups is 1. The molecule has 0 bridgehead atoms. The van der Waals surface area contributed by atoms with Gasteiger partial charge in [0.15, 0.2) is 5.78 Å². The number of likely N-dealkylation sites (tertiary alicyclic amines) is 1. The topological polar surface area (TPSA) is 90.0 Å². The molecule has 7 heteroatoms. The normalized spacial score (nSPS) is 17.0. The third-order valence-corrected chi connectivity index (χ3v) is 5.61. The first kappa shape index (κ1) is 19.7. The average molecular weight is 405 g/mol. The zero-order valence-electron chi connectivity index (χ0n) is 16.5. The highest BCUT2D eigenvalue weighted by atomic mass is 16.3. The molecule has 2 aromatic carbocycles. The molecule has 4 rings (SSSR count). The number of phenolic OH excluding ortho intramolecular Hbond substituents is 1. The van der Waals surface area contributed by atoms with E-state index in [2.05, 4.69) is 5.32 Å². The van der Waals surface area contributed by atoms with Gasteiger partial charge in [-0.25, -0.2) is 4.79 Å². The fraction of sp³-hybridized carbons (Fsp3) is 0.261. The van der Waals surface area contributed by atoms with Gasteiger partial charge in [0, 0.05) is 43.0 Å². The van der Waals surface area contributed by atoms with E-state index < -0.39 is 0 Å². The highest BCUT2D eigenvalue weighted by Crippen LogP contribution is 2.27. The maximum Gasteiger partial charge on any atom is 0.322 e. The van der Waals surface area contributed by atoms with Gasteiger partial charge in [-0.05, 0) is 54.8 Å². The zero-order chi connectivity index (χ0) is 21.1. The Hall–Kier alpha value is -3.61. The number of rotatable bonds is 4. The van der Waals surface area contributed by atoms with Crippen molar-refractivity contribution in [3.8, 4) is 5.75 Å². The molecule has 0 aromatic heterocycles. The number of fused-ring (bicyclic) bond motifs is 1. The van der Waals surface area contributed by atoms with E-state index in [-0.39, 0.29) is 29.5 Å². The Balaban J connectivity index is 1.32. The van der Waals surface area contributed by atoms with Gasteiger partial charge in [0.05, 0.1) is 0 Å². The minimum absolute atomic E-state index is 0.0741. The largest absolute Gasteiger partial charge is 0.508 e. The highest BCUT2D eigenvalue weighted by molar-refractivity contribution is 6.07. The van der Waals surface area contributed by atoms with Crippen molar-refractivity contribution in [2.24, 2.45) is 0 Å². The molecule has 0 unspecified atom stereocenters. The van der Waals surface area contributed by atoms with Crippen molar-refractivity contribution in [3.05, 3.63) is 71.8 Å². The first-order chi connectivity index (χ1) is 14.5. The molecule has 2 heterocycles. The number of anilines is 1. The molecule has 0 aliphatic carbocycles. The molecule has 7 nitrogen and oxygen atoms in total. The second-order valence-electron chi connectivity index (χ2n) is 7.52. The molecule has 0 atom stereocenters. The van der Waals surface area contributed by atoms with Gasteiger partial charge in [-0.2, -0.15) is 0 Å². The number of allylic oxidation sites excluding steroid dienone is 1. The molecule has 30 heavy (non-hydrogen) atoms. The summed E-state index contributed by atoms with van der Waals surface area (Å²) in [6, 6.07) is 13.6. The quantitative estimate of drug-likeness (QED) is 0.604. The van der Waals surface area contributed by atoms with E-state index in [1.165, 1.54) is 36.4 Å². The second kappa shape index (κ2) is 8.41. The van der Waals surface area contributed by atoms with Crippen LogP contribution in [-0.2, 0) is 11.3 Å². The van der Waals surface area contributed by atoms with Crippen molar-refractivity contribution in [1.29, 1.82) is 0 Å². The van der Waals surface area contributed by atoms with Gasteiger partial charge in [0.2, 0.25) is 5.91 Å². The van der Waals surface area contributed by atoms with E-state index >= 15 is 0 Å². The van der Waals surface area contributed by atoms with Crippen LogP contribution < -0.4 is 5.32 Å². The Morgan fingerprint density at radius 3 is 2.43 bits per heavy atom. The number of nitrogens with one attached hydrogen (secondary N) is 1. The van der Waals surface area contributed by atoms with Crippen LogP contribution in [0.2, 0.25) is 0 Å². The zero-order valence-corrected chi connectivity index (χ0v) is 16.5. The number of benzene rings is 2. The van der Waals surface area contributed by atoms with Gasteiger partial charge < -0.3 is 20.2 Å². The Labute approximate surface area is 174 Å². The van der Waals surface area contributed by atoms with Gasteiger partial charge in [0.25, 0.3) is 0 Å². The first-order valence-corrected chi connectivity index (χ1v) is 9.97. The van der Waals surface area contributed by atoms with Gasteiger partial charge in [-0.1, -0.05) is 18.2 Å². The van der Waals surface area contributed by atoms with E-state index in [1.54, 1.807) is 4.90 Å². The highest BCUT2D eigenvalue weighted by Gasteiger charge is 2.32. The molecule has 2 N–H and O–H groups in total. The summed E-state index contributed by atoms with van der Waals surface area (Å²) in [5.74, 6) is -0.420. The molecule has 1 saturated heterocycles. The summed E-state index contributed by atoms with van der Waals surface area (Å²) in [6.07, 6.45) is 3.94. The van der Waals surface area contributed by atoms with Gasteiger partial charge in [-0.3, -0.25) is 9.59 Å². The van der Waals surface area contributed by atoms with E-state index in [9.17, 15) is 19.5 Å². The lowest BCUT2D eigenvalue weighted by molar-refractivity contribution is -0.127. The maximum atomic E-state index is 12.5. The lowest BCUT2D eigenvalue weighted by Crippen LogP contribution is -2.50. The molecule has 0 radical (unpaired) electrons. The molecule has 154 valence electrons. The molecular formula is C23H23N3O4. The standard InChI is InChI=1S/C23H23N3O4/c27-19-7-5-16(6-8-19)21(28)9-10-22(29)25-13-11-18(12-14-25)26-15-17-3-1-2-4-20(17)24-23(26)30/h1-10,18,27H,11-15H2,(H,24,30)/b10-9+. The van der Waals surface area contributed by atoms with Gasteiger partial charge in [0.1, 0.15) is 5.75 Å². The number of carbonyl (C=O) groups is 3. The van der Waals surface area contributed by atoms with Crippen LogP contribution in [0.25, 0.3) is 0 Å². The van der Waals surface area contributed by atoms with Crippen molar-refractivity contribution < 1.29 is 19.5 Å². The molecule has 2 aliphatic heterocycles. The number of urea groups is 1. The van der Waals surface area contributed by atoms with E-state index in [0.717, 1.165) is 11.3 Å². The number of amides is 3. The predicted octanol–water partition coefficient (Wildman–Crippen LogP) is 3.17. The minimum Gasteiger partial charge on any atom is -0.508 e. The molecule has 0 saturated carbocycles. The van der Waals surface area contributed by atoms with Crippen molar-refractivity contribution in [3.63, 3.8) is 0 Å². The third kappa shape index (κ3) is 4.20. The molecule has 0 spiro atoms. The van der Waals surface area contributed by atoms with Crippen molar-refractivity contribution in [1.82, 2.24) is 9.80 Å². The third-order valence-electron chi connectivity index (χ3n) is 5.61. The van der Waals surface area contributed by atoms with Gasteiger partial charge in [-0.15, -0.1) is 0 Å². The lowest BCUT2D eigenvalue weighted by atomic mass is 10.0. The summed E-state index contributed by atoms with van der Waals surface area (Å²) >= 11 is 0. The van der Waals surface area contributed by atoms with Crippen molar-refractivity contribution in [2.75, 3.05) is 18.4 Å². The van der Waals surface area contributed by atoms with Gasteiger partial charge >= 0.3 is 6.03 Å². The van der Waals surface area contributed by atoms with Crippen LogP contribution in [0.3, 0.4) is 0 Å². The number of hydrogen-bond acceptors (Lipinski definition) is 4. The number of phenols is 1. The lowest BCUT2D eigenvalue weighted by Gasteiger charge is -2.40. The summed E-state index contributed by atoms with van der Waals surface area (Å²) in [4.78, 5) is 40.6.